The molecule has 0 fully saturated rings. The van der Waals surface area contributed by atoms with Crippen LogP contribution in [0.4, 0.5) is 4.39 Å². The molecule has 1 aliphatic heterocycles. The Balaban J connectivity index is 1.85. The average molecular weight is 316 g/mol. The van der Waals surface area contributed by atoms with E-state index >= 15 is 0 Å². The number of ether oxygens (including phenoxy) is 1. The van der Waals surface area contributed by atoms with Crippen molar-refractivity contribution in [1.82, 2.24) is 5.32 Å². The Hall–Kier alpha value is -0.610. The number of alkyl halides is 1. The van der Waals surface area contributed by atoms with E-state index in [1.54, 1.807) is 12.1 Å². The maximum absolute atomic E-state index is 13.1. The van der Waals surface area contributed by atoms with Gasteiger partial charge in [0.05, 0.1) is 0 Å². The van der Waals surface area contributed by atoms with Crippen LogP contribution in [0.2, 0.25) is 0 Å². The molecule has 0 saturated heterocycles. The Bertz CT molecular complexity index is 413. The second kappa shape index (κ2) is 6.02. The van der Waals surface area contributed by atoms with Crippen LogP contribution >= 0.6 is 15.9 Å². The van der Waals surface area contributed by atoms with Crippen molar-refractivity contribution in [1.29, 1.82) is 0 Å². The van der Waals surface area contributed by atoms with Crippen molar-refractivity contribution in [3.63, 3.8) is 0 Å². The van der Waals surface area contributed by atoms with Gasteiger partial charge in [-0.15, -0.1) is 0 Å². The maximum atomic E-state index is 13.1. The lowest BCUT2D eigenvalue weighted by atomic mass is 10.1. The maximum Gasteiger partial charge on any atom is 0.123 e. The minimum absolute atomic E-state index is 0.117. The Morgan fingerprint density at radius 1 is 1.50 bits per heavy atom. The van der Waals surface area contributed by atoms with Crippen LogP contribution in [0, 0.1) is 11.7 Å². The lowest BCUT2D eigenvalue weighted by molar-refractivity contribution is 0.217. The summed E-state index contributed by atoms with van der Waals surface area (Å²) in [5.74, 6) is 1.21. The van der Waals surface area contributed by atoms with E-state index in [1.807, 2.05) is 0 Å². The van der Waals surface area contributed by atoms with Gasteiger partial charge in [-0.2, -0.15) is 0 Å². The molecule has 0 bridgehead atoms. The zero-order chi connectivity index (χ0) is 13.1. The molecule has 1 aromatic carbocycles. The second-order valence-corrected chi connectivity index (χ2v) is 5.67. The van der Waals surface area contributed by atoms with Crippen molar-refractivity contribution >= 4 is 15.9 Å². The smallest absolute Gasteiger partial charge is 0.123 e. The van der Waals surface area contributed by atoms with Crippen LogP contribution in [0.1, 0.15) is 19.4 Å². The summed E-state index contributed by atoms with van der Waals surface area (Å²) in [6.45, 7) is 5.18. The van der Waals surface area contributed by atoms with Gasteiger partial charge in [0.15, 0.2) is 0 Å². The monoisotopic (exact) mass is 315 g/mol. The van der Waals surface area contributed by atoms with Crippen molar-refractivity contribution in [2.75, 3.05) is 11.9 Å². The van der Waals surface area contributed by atoms with Crippen LogP contribution in [0.3, 0.4) is 0 Å². The van der Waals surface area contributed by atoms with E-state index in [0.717, 1.165) is 29.6 Å². The van der Waals surface area contributed by atoms with Crippen molar-refractivity contribution in [2.24, 2.45) is 5.92 Å². The Labute approximate surface area is 116 Å². The van der Waals surface area contributed by atoms with Gasteiger partial charge < -0.3 is 10.1 Å². The molecule has 0 spiro atoms. The van der Waals surface area contributed by atoms with E-state index in [9.17, 15) is 4.39 Å². The molecule has 1 aliphatic rings. The molecule has 2 nitrogen and oxygen atoms in total. The summed E-state index contributed by atoms with van der Waals surface area (Å²) >= 11 is 3.49. The number of fused-ring (bicyclic) bond motifs is 1. The molecule has 3 unspecified atom stereocenters. The molecular formula is C14H19BrFNO. The number of benzene rings is 1. The first-order chi connectivity index (χ1) is 8.60. The van der Waals surface area contributed by atoms with Crippen LogP contribution in [0.25, 0.3) is 0 Å². The number of hydrogen-bond donors (Lipinski definition) is 1. The summed E-state index contributed by atoms with van der Waals surface area (Å²) in [4.78, 5) is 0. The van der Waals surface area contributed by atoms with Crippen LogP contribution < -0.4 is 10.1 Å². The van der Waals surface area contributed by atoms with Crippen LogP contribution in [0.15, 0.2) is 18.2 Å². The van der Waals surface area contributed by atoms with Gasteiger partial charge in [-0.25, -0.2) is 4.39 Å². The average Bonchev–Trinajstić information content (AvgIpc) is 2.76. The zero-order valence-corrected chi connectivity index (χ0v) is 12.3. The van der Waals surface area contributed by atoms with Gasteiger partial charge in [0.1, 0.15) is 17.7 Å². The first kappa shape index (κ1) is 13.8. The first-order valence-electron chi connectivity index (χ1n) is 6.34. The van der Waals surface area contributed by atoms with Gasteiger partial charge in [-0.3, -0.25) is 0 Å². The van der Waals surface area contributed by atoms with E-state index in [4.69, 9.17) is 4.74 Å². The third kappa shape index (κ3) is 3.23. The van der Waals surface area contributed by atoms with Gasteiger partial charge in [0.2, 0.25) is 0 Å². The molecule has 2 rings (SSSR count). The normalized spacial score (nSPS) is 21.2. The summed E-state index contributed by atoms with van der Waals surface area (Å²) in [6, 6.07) is 5.17. The van der Waals surface area contributed by atoms with Crippen molar-refractivity contribution in [2.45, 2.75) is 32.4 Å². The number of hydrogen-bond acceptors (Lipinski definition) is 2. The number of rotatable bonds is 5. The Kier molecular flexibility index (Phi) is 4.62. The molecule has 4 heteroatoms. The topological polar surface area (TPSA) is 21.3 Å². The minimum Gasteiger partial charge on any atom is -0.488 e. The fourth-order valence-corrected chi connectivity index (χ4v) is 2.62. The van der Waals surface area contributed by atoms with E-state index in [0.29, 0.717) is 12.0 Å². The Morgan fingerprint density at radius 3 is 3.00 bits per heavy atom. The molecule has 1 heterocycles. The van der Waals surface area contributed by atoms with E-state index < -0.39 is 0 Å². The standard InChI is InChI=1S/C14H19BrFNO/c1-9(7-15)10(2)17-8-13-6-11-5-12(16)3-4-14(11)18-13/h3-5,9-10,13,17H,6-8H2,1-2H3. The molecule has 18 heavy (non-hydrogen) atoms. The van der Waals surface area contributed by atoms with Gasteiger partial charge in [-0.05, 0) is 31.0 Å². The largest absolute Gasteiger partial charge is 0.488 e. The predicted octanol–water partition coefficient (Wildman–Crippen LogP) is 3.14. The summed E-state index contributed by atoms with van der Waals surface area (Å²) < 4.78 is 18.9. The van der Waals surface area contributed by atoms with Gasteiger partial charge in [0.25, 0.3) is 0 Å². The lowest BCUT2D eigenvalue weighted by Crippen LogP contribution is -2.39. The molecular weight excluding hydrogens is 297 g/mol. The second-order valence-electron chi connectivity index (χ2n) is 5.02. The molecule has 3 atom stereocenters. The summed E-state index contributed by atoms with van der Waals surface area (Å²) in [5, 5.41) is 4.46. The van der Waals surface area contributed by atoms with Crippen LogP contribution in [-0.2, 0) is 6.42 Å². The number of halogens is 2. The summed E-state index contributed by atoms with van der Waals surface area (Å²) in [6.07, 6.45) is 0.905. The van der Waals surface area contributed by atoms with E-state index in [-0.39, 0.29) is 11.9 Å². The van der Waals surface area contributed by atoms with Gasteiger partial charge in [0, 0.05) is 29.9 Å². The lowest BCUT2D eigenvalue weighted by Gasteiger charge is -2.21. The quantitative estimate of drug-likeness (QED) is 0.843. The molecule has 1 aromatic rings. The highest BCUT2D eigenvalue weighted by Crippen LogP contribution is 2.29. The van der Waals surface area contributed by atoms with Crippen LogP contribution in [-0.4, -0.2) is 24.0 Å². The molecule has 0 saturated carbocycles. The molecule has 0 aromatic heterocycles. The third-order valence-corrected chi connectivity index (χ3v) is 4.55. The summed E-state index contributed by atoms with van der Waals surface area (Å²) in [5.41, 5.74) is 0.975. The van der Waals surface area contributed by atoms with Gasteiger partial charge >= 0.3 is 0 Å². The van der Waals surface area contributed by atoms with Gasteiger partial charge in [-0.1, -0.05) is 22.9 Å². The molecule has 0 radical (unpaired) electrons. The molecule has 0 amide bonds. The van der Waals surface area contributed by atoms with Crippen molar-refractivity contribution in [3.8, 4) is 5.75 Å². The Morgan fingerprint density at radius 2 is 2.28 bits per heavy atom. The molecule has 0 aliphatic carbocycles. The van der Waals surface area contributed by atoms with Crippen LogP contribution in [0.5, 0.6) is 5.75 Å². The highest BCUT2D eigenvalue weighted by molar-refractivity contribution is 9.09. The highest BCUT2D eigenvalue weighted by Gasteiger charge is 2.23. The summed E-state index contributed by atoms with van der Waals surface area (Å²) in [7, 11) is 0. The SMILES string of the molecule is CC(CBr)C(C)NCC1Cc2cc(F)ccc2O1. The first-order valence-corrected chi connectivity index (χ1v) is 7.46. The van der Waals surface area contributed by atoms with E-state index in [2.05, 4.69) is 35.1 Å². The van der Waals surface area contributed by atoms with E-state index in [1.165, 1.54) is 6.07 Å². The number of nitrogens with one attached hydrogen (secondary N) is 1. The minimum atomic E-state index is -0.188. The molecule has 1 N–H and O–H groups in total. The fraction of sp³-hybridized carbons (Fsp3) is 0.571. The highest BCUT2D eigenvalue weighted by atomic mass is 79.9. The molecule has 100 valence electrons. The zero-order valence-electron chi connectivity index (χ0n) is 10.7. The van der Waals surface area contributed by atoms with Crippen molar-refractivity contribution < 1.29 is 9.13 Å². The predicted molar refractivity (Wildman–Crippen MR) is 74.9 cm³/mol. The fourth-order valence-electron chi connectivity index (χ4n) is 2.06. The third-order valence-electron chi connectivity index (χ3n) is 3.53. The van der Waals surface area contributed by atoms with Crippen molar-refractivity contribution in [3.05, 3.63) is 29.6 Å².